The topological polar surface area (TPSA) is 111 Å². The van der Waals surface area contributed by atoms with Crippen LogP contribution >= 0.6 is 11.3 Å². The minimum absolute atomic E-state index is 0.0511. The van der Waals surface area contributed by atoms with E-state index in [0.29, 0.717) is 18.1 Å². The van der Waals surface area contributed by atoms with Crippen molar-refractivity contribution >= 4 is 38.9 Å². The van der Waals surface area contributed by atoms with Gasteiger partial charge < -0.3 is 19.5 Å². The molecule has 1 aliphatic heterocycles. The molecule has 2 heterocycles. The molecule has 0 unspecified atom stereocenters. The summed E-state index contributed by atoms with van der Waals surface area (Å²) in [5.41, 5.74) is 1.44. The number of morpholine rings is 1. The number of rotatable bonds is 7. The Labute approximate surface area is 190 Å². The number of ether oxygens (including phenoxy) is 3. The Morgan fingerprint density at radius 1 is 1.19 bits per heavy atom. The normalized spacial score (nSPS) is 16.4. The fourth-order valence-electron chi connectivity index (χ4n) is 3.71. The summed E-state index contributed by atoms with van der Waals surface area (Å²) in [4.78, 5) is 26.2. The van der Waals surface area contributed by atoms with Crippen molar-refractivity contribution < 1.29 is 32.2 Å². The van der Waals surface area contributed by atoms with Crippen molar-refractivity contribution in [1.82, 2.24) is 4.31 Å². The Morgan fingerprint density at radius 3 is 2.69 bits per heavy atom. The van der Waals surface area contributed by atoms with Gasteiger partial charge in [-0.05, 0) is 49.1 Å². The minimum atomic E-state index is -3.83. The third-order valence-corrected chi connectivity index (χ3v) is 8.45. The van der Waals surface area contributed by atoms with Gasteiger partial charge in [0.15, 0.2) is 6.61 Å². The van der Waals surface area contributed by atoms with E-state index < -0.39 is 28.5 Å². The number of hydrogen-bond acceptors (Lipinski definition) is 8. The molecule has 1 amide bonds. The fourth-order valence-corrected chi connectivity index (χ4v) is 6.45. The number of aryl methyl sites for hydroxylation is 2. The minimum Gasteiger partial charge on any atom is -0.495 e. The molecule has 1 N–H and O–H groups in total. The SMILES string of the molecule is COc1ccc(NC(=O)COC(=O)c2cc3c(s2)CCC3)cc1S(=O)(=O)N1CCOCC1. The van der Waals surface area contributed by atoms with Crippen molar-refractivity contribution in [3.05, 3.63) is 39.6 Å². The number of fused-ring (bicyclic) bond motifs is 1. The predicted octanol–water partition coefficient (Wildman–Crippen LogP) is 2.06. The van der Waals surface area contributed by atoms with Crippen molar-refractivity contribution in [3.8, 4) is 5.75 Å². The maximum atomic E-state index is 13.0. The second-order valence-electron chi connectivity index (χ2n) is 7.42. The highest BCUT2D eigenvalue weighted by molar-refractivity contribution is 7.89. The van der Waals surface area contributed by atoms with Crippen molar-refractivity contribution in [3.63, 3.8) is 0 Å². The van der Waals surface area contributed by atoms with Crippen molar-refractivity contribution in [2.45, 2.75) is 24.2 Å². The Morgan fingerprint density at radius 2 is 1.97 bits per heavy atom. The second kappa shape index (κ2) is 9.57. The predicted molar refractivity (Wildman–Crippen MR) is 118 cm³/mol. The summed E-state index contributed by atoms with van der Waals surface area (Å²) in [7, 11) is -2.45. The molecule has 0 bridgehead atoms. The first kappa shape index (κ1) is 22.7. The highest BCUT2D eigenvalue weighted by Gasteiger charge is 2.29. The first-order chi connectivity index (χ1) is 15.4. The summed E-state index contributed by atoms with van der Waals surface area (Å²) in [5.74, 6) is -0.932. The van der Waals surface area contributed by atoms with E-state index in [1.807, 2.05) is 6.07 Å². The monoisotopic (exact) mass is 480 g/mol. The number of hydrogen-bond donors (Lipinski definition) is 1. The van der Waals surface area contributed by atoms with Crippen LogP contribution in [0.25, 0.3) is 0 Å². The van der Waals surface area contributed by atoms with Crippen LogP contribution in [0.5, 0.6) is 5.75 Å². The molecule has 172 valence electrons. The Bertz CT molecular complexity index is 1100. The van der Waals surface area contributed by atoms with Gasteiger partial charge in [-0.25, -0.2) is 13.2 Å². The molecule has 0 saturated carbocycles. The van der Waals surface area contributed by atoms with Crippen LogP contribution < -0.4 is 10.1 Å². The molecule has 0 radical (unpaired) electrons. The molecule has 1 aromatic carbocycles. The number of carbonyl (C=O) groups is 2. The fraction of sp³-hybridized carbons (Fsp3) is 0.429. The number of thiophene rings is 1. The number of methoxy groups -OCH3 is 1. The van der Waals surface area contributed by atoms with Gasteiger partial charge in [0, 0.05) is 23.7 Å². The van der Waals surface area contributed by atoms with Gasteiger partial charge in [0.1, 0.15) is 15.5 Å². The number of nitrogens with one attached hydrogen (secondary N) is 1. The number of amides is 1. The number of carbonyl (C=O) groups excluding carboxylic acids is 2. The second-order valence-corrected chi connectivity index (χ2v) is 10.5. The van der Waals surface area contributed by atoms with Gasteiger partial charge in [0.25, 0.3) is 5.91 Å². The third kappa shape index (κ3) is 4.80. The van der Waals surface area contributed by atoms with Gasteiger partial charge in [-0.15, -0.1) is 11.3 Å². The summed E-state index contributed by atoms with van der Waals surface area (Å²) in [6.45, 7) is 0.639. The molecule has 1 aromatic heterocycles. The number of sulfonamides is 1. The molecule has 2 aliphatic rings. The molecule has 9 nitrogen and oxygen atoms in total. The van der Waals surface area contributed by atoms with Crippen LogP contribution in [0.3, 0.4) is 0 Å². The van der Waals surface area contributed by atoms with E-state index in [2.05, 4.69) is 5.32 Å². The lowest BCUT2D eigenvalue weighted by molar-refractivity contribution is -0.119. The van der Waals surface area contributed by atoms with Gasteiger partial charge in [0.05, 0.1) is 20.3 Å². The zero-order valence-electron chi connectivity index (χ0n) is 17.6. The van der Waals surface area contributed by atoms with Crippen molar-refractivity contribution in [1.29, 1.82) is 0 Å². The Hall–Kier alpha value is -2.47. The zero-order valence-corrected chi connectivity index (χ0v) is 19.2. The van der Waals surface area contributed by atoms with Crippen LogP contribution in [-0.4, -0.2) is 64.6 Å². The quantitative estimate of drug-likeness (QED) is 0.604. The zero-order chi connectivity index (χ0) is 22.7. The first-order valence-corrected chi connectivity index (χ1v) is 12.5. The molecule has 11 heteroatoms. The maximum Gasteiger partial charge on any atom is 0.348 e. The average Bonchev–Trinajstić information content (AvgIpc) is 3.40. The number of nitrogens with zero attached hydrogens (tertiary/aromatic N) is 1. The molecular weight excluding hydrogens is 456 g/mol. The van der Waals surface area contributed by atoms with Crippen LogP contribution in [0.15, 0.2) is 29.2 Å². The molecule has 0 atom stereocenters. The lowest BCUT2D eigenvalue weighted by Gasteiger charge is -2.26. The van der Waals surface area contributed by atoms with E-state index >= 15 is 0 Å². The van der Waals surface area contributed by atoms with Gasteiger partial charge in [-0.2, -0.15) is 4.31 Å². The van der Waals surface area contributed by atoms with E-state index in [1.54, 1.807) is 0 Å². The molecule has 2 aromatic rings. The number of esters is 1. The summed E-state index contributed by atoms with van der Waals surface area (Å²) < 4.78 is 43.0. The van der Waals surface area contributed by atoms with Crippen LogP contribution in [0.1, 0.15) is 26.5 Å². The van der Waals surface area contributed by atoms with Crippen LogP contribution in [0, 0.1) is 0 Å². The van der Waals surface area contributed by atoms with Crippen LogP contribution in [-0.2, 0) is 37.1 Å². The van der Waals surface area contributed by atoms with Gasteiger partial charge in [-0.1, -0.05) is 0 Å². The molecule has 4 rings (SSSR count). The van der Waals surface area contributed by atoms with E-state index in [0.717, 1.165) is 19.3 Å². The number of benzene rings is 1. The average molecular weight is 481 g/mol. The molecule has 0 spiro atoms. The highest BCUT2D eigenvalue weighted by atomic mass is 32.2. The van der Waals surface area contributed by atoms with E-state index in [9.17, 15) is 18.0 Å². The van der Waals surface area contributed by atoms with Crippen molar-refractivity contribution in [2.75, 3.05) is 45.3 Å². The molecule has 1 fully saturated rings. The van der Waals surface area contributed by atoms with Crippen molar-refractivity contribution in [2.24, 2.45) is 0 Å². The molecule has 1 aliphatic carbocycles. The van der Waals surface area contributed by atoms with Gasteiger partial charge in [0.2, 0.25) is 10.0 Å². The first-order valence-electron chi connectivity index (χ1n) is 10.2. The summed E-state index contributed by atoms with van der Waals surface area (Å²) in [6, 6.07) is 6.18. The van der Waals surface area contributed by atoms with E-state index in [1.165, 1.54) is 51.4 Å². The summed E-state index contributed by atoms with van der Waals surface area (Å²) >= 11 is 1.41. The lowest BCUT2D eigenvalue weighted by Crippen LogP contribution is -2.40. The third-order valence-electron chi connectivity index (χ3n) is 5.32. The largest absolute Gasteiger partial charge is 0.495 e. The number of anilines is 1. The molecule has 32 heavy (non-hydrogen) atoms. The molecular formula is C21H24N2O7S2. The lowest BCUT2D eigenvalue weighted by atomic mass is 10.2. The Kier molecular flexibility index (Phi) is 6.79. The standard InChI is InChI=1S/C21H24N2O7S2/c1-28-16-6-5-15(12-19(16)32(26,27)23-7-9-29-10-8-23)22-20(24)13-30-21(25)18-11-14-3-2-4-17(14)31-18/h5-6,11-12H,2-4,7-10,13H2,1H3,(H,22,24). The van der Waals surface area contributed by atoms with E-state index in [-0.39, 0.29) is 29.4 Å². The van der Waals surface area contributed by atoms with Crippen LogP contribution in [0.4, 0.5) is 5.69 Å². The Balaban J connectivity index is 1.41. The summed E-state index contributed by atoms with van der Waals surface area (Å²) in [5, 5.41) is 2.58. The molecule has 1 saturated heterocycles. The maximum absolute atomic E-state index is 13.0. The van der Waals surface area contributed by atoms with Gasteiger partial charge in [-0.3, -0.25) is 4.79 Å². The van der Waals surface area contributed by atoms with Crippen LogP contribution in [0.2, 0.25) is 0 Å². The van der Waals surface area contributed by atoms with Gasteiger partial charge >= 0.3 is 5.97 Å². The summed E-state index contributed by atoms with van der Waals surface area (Å²) in [6.07, 6.45) is 3.04. The smallest absolute Gasteiger partial charge is 0.348 e. The highest BCUT2D eigenvalue weighted by Crippen LogP contribution is 2.31. The van der Waals surface area contributed by atoms with E-state index in [4.69, 9.17) is 14.2 Å².